The molecule has 1 saturated heterocycles. The maximum absolute atomic E-state index is 12.4. The molecule has 1 aliphatic heterocycles. The number of fused-ring (bicyclic) bond motifs is 1. The topological polar surface area (TPSA) is 68.7 Å². The number of aromatic nitrogens is 2. The van der Waals surface area contributed by atoms with Crippen molar-refractivity contribution in [1.82, 2.24) is 9.97 Å². The molecule has 1 aromatic heterocycles. The number of hydrogen-bond donors (Lipinski definition) is 2. The SMILES string of the molecule is COc1ccc([C@@H]2CCC[NH+]2Cc2nc3cc(Cl)ccc3c(=O)[nH]2)c(OC)c1. The fourth-order valence-corrected chi connectivity index (χ4v) is 4.23. The van der Waals surface area contributed by atoms with Crippen LogP contribution in [0.25, 0.3) is 10.9 Å². The number of nitrogens with one attached hydrogen (secondary N) is 2. The molecule has 2 N–H and O–H groups in total. The number of quaternary nitrogens is 1. The molecule has 0 radical (unpaired) electrons. The summed E-state index contributed by atoms with van der Waals surface area (Å²) in [5, 5.41) is 1.13. The lowest BCUT2D eigenvalue weighted by atomic mass is 10.0. The van der Waals surface area contributed by atoms with Gasteiger partial charge in [0.2, 0.25) is 0 Å². The van der Waals surface area contributed by atoms with E-state index in [2.05, 4.69) is 16.0 Å². The number of H-pyrrole nitrogens is 1. The van der Waals surface area contributed by atoms with Gasteiger partial charge in [0.15, 0.2) is 5.82 Å². The zero-order valence-electron chi connectivity index (χ0n) is 15.9. The van der Waals surface area contributed by atoms with Gasteiger partial charge in [-0.15, -0.1) is 0 Å². The van der Waals surface area contributed by atoms with Crippen molar-refractivity contribution in [3.05, 3.63) is 63.2 Å². The van der Waals surface area contributed by atoms with E-state index in [-0.39, 0.29) is 11.6 Å². The molecule has 7 heteroatoms. The lowest BCUT2D eigenvalue weighted by Gasteiger charge is -2.23. The smallest absolute Gasteiger partial charge is 0.258 e. The third-order valence-corrected chi connectivity index (χ3v) is 5.65. The van der Waals surface area contributed by atoms with Gasteiger partial charge in [0, 0.05) is 23.9 Å². The summed E-state index contributed by atoms with van der Waals surface area (Å²) in [6.45, 7) is 1.65. The van der Waals surface area contributed by atoms with Crippen LogP contribution in [-0.2, 0) is 6.54 Å². The molecule has 1 fully saturated rings. The van der Waals surface area contributed by atoms with Crippen molar-refractivity contribution in [2.24, 2.45) is 0 Å². The Morgan fingerprint density at radius 2 is 2.07 bits per heavy atom. The molecule has 146 valence electrons. The summed E-state index contributed by atoms with van der Waals surface area (Å²) < 4.78 is 10.9. The zero-order valence-corrected chi connectivity index (χ0v) is 16.7. The van der Waals surface area contributed by atoms with E-state index < -0.39 is 0 Å². The first-order chi connectivity index (χ1) is 13.6. The van der Waals surface area contributed by atoms with Crippen LogP contribution >= 0.6 is 11.6 Å². The number of benzene rings is 2. The summed E-state index contributed by atoms with van der Waals surface area (Å²) in [5.74, 6) is 2.28. The number of hydrogen-bond acceptors (Lipinski definition) is 4. The number of ether oxygens (including phenoxy) is 2. The third kappa shape index (κ3) is 3.57. The maximum atomic E-state index is 12.4. The lowest BCUT2D eigenvalue weighted by Crippen LogP contribution is -3.09. The van der Waals surface area contributed by atoms with Gasteiger partial charge < -0.3 is 19.4 Å². The van der Waals surface area contributed by atoms with Gasteiger partial charge in [-0.2, -0.15) is 0 Å². The van der Waals surface area contributed by atoms with E-state index in [1.807, 2.05) is 12.1 Å². The first-order valence-corrected chi connectivity index (χ1v) is 9.72. The average molecular weight is 401 g/mol. The molecule has 6 nitrogen and oxygen atoms in total. The second-order valence-corrected chi connectivity index (χ2v) is 7.50. The van der Waals surface area contributed by atoms with E-state index in [9.17, 15) is 4.79 Å². The first-order valence-electron chi connectivity index (χ1n) is 9.34. The highest BCUT2D eigenvalue weighted by Crippen LogP contribution is 2.31. The van der Waals surface area contributed by atoms with Crippen LogP contribution in [0.4, 0.5) is 0 Å². The molecular weight excluding hydrogens is 378 g/mol. The van der Waals surface area contributed by atoms with Crippen LogP contribution in [0, 0.1) is 0 Å². The van der Waals surface area contributed by atoms with Crippen molar-refractivity contribution in [3.8, 4) is 11.5 Å². The largest absolute Gasteiger partial charge is 0.497 e. The highest BCUT2D eigenvalue weighted by Gasteiger charge is 2.33. The van der Waals surface area contributed by atoms with Gasteiger partial charge in [-0.3, -0.25) is 4.79 Å². The second-order valence-electron chi connectivity index (χ2n) is 7.06. The Hall–Kier alpha value is -2.57. The summed E-state index contributed by atoms with van der Waals surface area (Å²) >= 11 is 6.07. The Balaban J connectivity index is 1.65. The summed E-state index contributed by atoms with van der Waals surface area (Å²) in [6.07, 6.45) is 2.17. The minimum absolute atomic E-state index is 0.131. The van der Waals surface area contributed by atoms with Gasteiger partial charge in [0.25, 0.3) is 5.56 Å². The normalized spacial score (nSPS) is 19.1. The Morgan fingerprint density at radius 3 is 2.86 bits per heavy atom. The van der Waals surface area contributed by atoms with Crippen molar-refractivity contribution in [2.75, 3.05) is 20.8 Å². The molecule has 1 unspecified atom stereocenters. The van der Waals surface area contributed by atoms with Gasteiger partial charge >= 0.3 is 0 Å². The Labute approximate surface area is 168 Å². The van der Waals surface area contributed by atoms with Gasteiger partial charge in [0.1, 0.15) is 24.1 Å². The van der Waals surface area contributed by atoms with Gasteiger partial charge in [-0.1, -0.05) is 11.6 Å². The molecular formula is C21H23ClN3O3+. The third-order valence-electron chi connectivity index (χ3n) is 5.41. The molecule has 2 heterocycles. The Morgan fingerprint density at radius 1 is 1.21 bits per heavy atom. The molecule has 0 saturated carbocycles. The van der Waals surface area contributed by atoms with Crippen LogP contribution in [0.2, 0.25) is 5.02 Å². The van der Waals surface area contributed by atoms with Crippen molar-refractivity contribution in [2.45, 2.75) is 25.4 Å². The molecule has 0 amide bonds. The van der Waals surface area contributed by atoms with Gasteiger partial charge in [0.05, 0.1) is 37.2 Å². The fourth-order valence-electron chi connectivity index (χ4n) is 4.06. The molecule has 1 aliphatic rings. The van der Waals surface area contributed by atoms with Crippen LogP contribution < -0.4 is 19.9 Å². The highest BCUT2D eigenvalue weighted by molar-refractivity contribution is 6.31. The number of nitrogens with zero attached hydrogens (tertiary/aromatic N) is 1. The molecule has 28 heavy (non-hydrogen) atoms. The van der Waals surface area contributed by atoms with Crippen molar-refractivity contribution in [1.29, 1.82) is 0 Å². The van der Waals surface area contributed by atoms with Crippen molar-refractivity contribution < 1.29 is 14.4 Å². The minimum Gasteiger partial charge on any atom is -0.497 e. The standard InChI is InChI=1S/C21H22ClN3O3/c1-27-14-6-8-16(19(11-14)28-2)18-4-3-9-25(18)12-20-23-17-10-13(22)5-7-15(17)21(26)24-20/h5-8,10-11,18H,3-4,9,12H2,1-2H3,(H,23,24,26)/p+1/t18-/m0/s1. The number of likely N-dealkylation sites (tertiary alicyclic amines) is 1. The van der Waals surface area contributed by atoms with Crippen LogP contribution in [-0.4, -0.2) is 30.7 Å². The van der Waals surface area contributed by atoms with Crippen LogP contribution in [0.5, 0.6) is 11.5 Å². The number of aromatic amines is 1. The number of methoxy groups -OCH3 is 2. The molecule has 0 spiro atoms. The van der Waals surface area contributed by atoms with E-state index in [4.69, 9.17) is 21.1 Å². The minimum atomic E-state index is -0.131. The molecule has 2 atom stereocenters. The van der Waals surface area contributed by atoms with E-state index in [0.29, 0.717) is 28.3 Å². The van der Waals surface area contributed by atoms with E-state index in [1.165, 1.54) is 4.90 Å². The summed E-state index contributed by atoms with van der Waals surface area (Å²) in [5.41, 5.74) is 1.65. The summed E-state index contributed by atoms with van der Waals surface area (Å²) in [6, 6.07) is 11.4. The monoisotopic (exact) mass is 400 g/mol. The van der Waals surface area contributed by atoms with Gasteiger partial charge in [-0.05, 0) is 30.3 Å². The van der Waals surface area contributed by atoms with Crippen LogP contribution in [0.1, 0.15) is 30.3 Å². The van der Waals surface area contributed by atoms with Crippen LogP contribution in [0.15, 0.2) is 41.2 Å². The van der Waals surface area contributed by atoms with E-state index >= 15 is 0 Å². The van der Waals surface area contributed by atoms with Crippen molar-refractivity contribution in [3.63, 3.8) is 0 Å². The van der Waals surface area contributed by atoms with Crippen LogP contribution in [0.3, 0.4) is 0 Å². The quantitative estimate of drug-likeness (QED) is 0.690. The molecule has 3 aromatic rings. The average Bonchev–Trinajstić information content (AvgIpc) is 3.14. The Kier molecular flexibility index (Phi) is 5.24. The Bertz CT molecular complexity index is 1070. The van der Waals surface area contributed by atoms with Crippen molar-refractivity contribution >= 4 is 22.5 Å². The van der Waals surface area contributed by atoms with E-state index in [0.717, 1.165) is 36.4 Å². The lowest BCUT2D eigenvalue weighted by molar-refractivity contribution is -0.932. The fraction of sp³-hybridized carbons (Fsp3) is 0.333. The number of halogens is 1. The predicted octanol–water partition coefficient (Wildman–Crippen LogP) is 2.51. The molecule has 2 aromatic carbocycles. The van der Waals surface area contributed by atoms with E-state index in [1.54, 1.807) is 32.4 Å². The molecule has 4 rings (SSSR count). The second kappa shape index (κ2) is 7.81. The zero-order chi connectivity index (χ0) is 19.7. The van der Waals surface area contributed by atoms with Gasteiger partial charge in [-0.25, -0.2) is 4.98 Å². The first kappa shape index (κ1) is 18.8. The highest BCUT2D eigenvalue weighted by atomic mass is 35.5. The molecule has 0 aliphatic carbocycles. The predicted molar refractivity (Wildman–Crippen MR) is 108 cm³/mol. The number of rotatable bonds is 5. The summed E-state index contributed by atoms with van der Waals surface area (Å²) in [4.78, 5) is 21.4. The summed E-state index contributed by atoms with van der Waals surface area (Å²) in [7, 11) is 3.33. The maximum Gasteiger partial charge on any atom is 0.258 e. The molecule has 0 bridgehead atoms.